The summed E-state index contributed by atoms with van der Waals surface area (Å²) < 4.78 is 5.43. The molecule has 0 aliphatic carbocycles. The number of benzene rings is 1. The number of rotatable bonds is 3. The highest BCUT2D eigenvalue weighted by atomic mass is 16.5. The predicted molar refractivity (Wildman–Crippen MR) is 99.4 cm³/mol. The summed E-state index contributed by atoms with van der Waals surface area (Å²) in [6.45, 7) is 6.41. The van der Waals surface area contributed by atoms with E-state index in [1.807, 2.05) is 17.0 Å². The molecule has 1 atom stereocenters. The minimum absolute atomic E-state index is 0.0544. The lowest BCUT2D eigenvalue weighted by Crippen LogP contribution is -2.47. The van der Waals surface area contributed by atoms with E-state index in [1.54, 1.807) is 0 Å². The third-order valence-corrected chi connectivity index (χ3v) is 5.71. The number of fused-ring (bicyclic) bond motifs is 1. The van der Waals surface area contributed by atoms with Crippen LogP contribution < -0.4 is 10.2 Å². The van der Waals surface area contributed by atoms with Crippen molar-refractivity contribution in [2.45, 2.75) is 25.3 Å². The molecule has 2 amide bonds. The zero-order valence-electron chi connectivity index (χ0n) is 15.0. The molecule has 0 bridgehead atoms. The number of morpholine rings is 1. The van der Waals surface area contributed by atoms with E-state index >= 15 is 0 Å². The highest BCUT2D eigenvalue weighted by molar-refractivity contribution is 5.92. The Bertz CT molecular complexity index is 630. The molecule has 4 rings (SSSR count). The van der Waals surface area contributed by atoms with Crippen LogP contribution in [0.1, 0.15) is 18.4 Å². The molecule has 25 heavy (non-hydrogen) atoms. The molecule has 6 heteroatoms. The molecule has 0 spiro atoms. The van der Waals surface area contributed by atoms with Gasteiger partial charge in [0.05, 0.1) is 13.2 Å². The first-order chi connectivity index (χ1) is 12.2. The minimum Gasteiger partial charge on any atom is -0.379 e. The molecule has 3 aliphatic rings. The lowest BCUT2D eigenvalue weighted by atomic mass is 10.1. The molecule has 0 aromatic heterocycles. The van der Waals surface area contributed by atoms with Gasteiger partial charge in [-0.15, -0.1) is 0 Å². The van der Waals surface area contributed by atoms with Crippen LogP contribution in [0.5, 0.6) is 0 Å². The van der Waals surface area contributed by atoms with Gasteiger partial charge in [-0.05, 0) is 31.4 Å². The average Bonchev–Trinajstić information content (AvgIpc) is 3.24. The van der Waals surface area contributed by atoms with Crippen LogP contribution in [0, 0.1) is 0 Å². The number of nitrogens with one attached hydrogen (secondary N) is 1. The third-order valence-electron chi connectivity index (χ3n) is 5.71. The molecular formula is C19H28N4O2. The number of ether oxygens (including phenoxy) is 1. The van der Waals surface area contributed by atoms with Crippen molar-refractivity contribution in [3.05, 3.63) is 23.8 Å². The zero-order chi connectivity index (χ0) is 17.2. The fourth-order valence-corrected chi connectivity index (χ4v) is 4.27. The normalized spacial score (nSPS) is 23.8. The summed E-state index contributed by atoms with van der Waals surface area (Å²) in [5, 5.41) is 3.19. The van der Waals surface area contributed by atoms with Crippen LogP contribution in [0.2, 0.25) is 0 Å². The number of anilines is 2. The maximum atomic E-state index is 12.9. The van der Waals surface area contributed by atoms with Gasteiger partial charge in [0.1, 0.15) is 0 Å². The number of likely N-dealkylation sites (tertiary alicyclic amines) is 1. The lowest BCUT2D eigenvalue weighted by Gasteiger charge is -2.33. The van der Waals surface area contributed by atoms with Gasteiger partial charge in [-0.25, -0.2) is 4.79 Å². The maximum absolute atomic E-state index is 12.9. The first-order valence-corrected chi connectivity index (χ1v) is 9.43. The Morgan fingerprint density at radius 2 is 2.08 bits per heavy atom. The lowest BCUT2D eigenvalue weighted by molar-refractivity contribution is 0.0296. The van der Waals surface area contributed by atoms with Crippen LogP contribution in [0.15, 0.2) is 18.2 Å². The van der Waals surface area contributed by atoms with Gasteiger partial charge < -0.3 is 19.9 Å². The molecule has 0 saturated carbocycles. The van der Waals surface area contributed by atoms with Crippen molar-refractivity contribution in [2.24, 2.45) is 0 Å². The second-order valence-electron chi connectivity index (χ2n) is 7.31. The summed E-state index contributed by atoms with van der Waals surface area (Å²) in [6.07, 6.45) is 3.19. The second kappa shape index (κ2) is 7.22. The fourth-order valence-electron chi connectivity index (χ4n) is 4.27. The predicted octanol–water partition coefficient (Wildman–Crippen LogP) is 2.01. The van der Waals surface area contributed by atoms with Gasteiger partial charge in [-0.3, -0.25) is 4.90 Å². The Balaban J connectivity index is 1.42. The molecule has 1 aromatic rings. The summed E-state index contributed by atoms with van der Waals surface area (Å²) >= 11 is 0. The number of amides is 2. The molecule has 1 unspecified atom stereocenters. The number of likely N-dealkylation sites (N-methyl/N-ethyl adjacent to an activating group) is 1. The summed E-state index contributed by atoms with van der Waals surface area (Å²) in [4.78, 5) is 19.6. The molecule has 1 aromatic carbocycles. The van der Waals surface area contributed by atoms with Crippen molar-refractivity contribution in [3.63, 3.8) is 0 Å². The van der Waals surface area contributed by atoms with E-state index in [4.69, 9.17) is 4.74 Å². The number of carbonyl (C=O) groups is 1. The molecule has 2 saturated heterocycles. The van der Waals surface area contributed by atoms with Gasteiger partial charge in [0.2, 0.25) is 0 Å². The van der Waals surface area contributed by atoms with Gasteiger partial charge in [0.15, 0.2) is 0 Å². The van der Waals surface area contributed by atoms with Gasteiger partial charge in [0, 0.05) is 62.8 Å². The van der Waals surface area contributed by atoms with E-state index in [0.29, 0.717) is 6.04 Å². The largest absolute Gasteiger partial charge is 0.379 e. The fraction of sp³-hybridized carbons (Fsp3) is 0.632. The Hall–Kier alpha value is -1.79. The van der Waals surface area contributed by atoms with E-state index in [0.717, 1.165) is 70.9 Å². The second-order valence-corrected chi connectivity index (χ2v) is 7.31. The van der Waals surface area contributed by atoms with Crippen LogP contribution in [0.3, 0.4) is 0 Å². The number of carbonyl (C=O) groups excluding carboxylic acids is 1. The van der Waals surface area contributed by atoms with Crippen molar-refractivity contribution in [2.75, 3.05) is 63.2 Å². The van der Waals surface area contributed by atoms with Crippen LogP contribution in [0.25, 0.3) is 0 Å². The van der Waals surface area contributed by atoms with Crippen molar-refractivity contribution >= 4 is 17.4 Å². The summed E-state index contributed by atoms with van der Waals surface area (Å²) in [7, 11) is 2.11. The highest BCUT2D eigenvalue weighted by Crippen LogP contribution is 2.33. The molecule has 3 aliphatic heterocycles. The molecule has 1 N–H and O–H groups in total. The first kappa shape index (κ1) is 16.7. The molecule has 6 nitrogen and oxygen atoms in total. The van der Waals surface area contributed by atoms with E-state index in [9.17, 15) is 4.79 Å². The molecule has 3 heterocycles. The molecular weight excluding hydrogens is 316 g/mol. The molecule has 0 radical (unpaired) electrons. The zero-order valence-corrected chi connectivity index (χ0v) is 15.0. The number of nitrogens with zero attached hydrogens (tertiary/aromatic N) is 3. The standard InChI is InChI=1S/C19H28N4O2/c1-21-9-7-16-17(5-2-6-18(16)21)20-19(24)23-8-3-4-15(23)14-22-10-12-25-13-11-22/h2,5-6,15H,3-4,7-14H2,1H3,(H,20,24). The third kappa shape index (κ3) is 3.46. The van der Waals surface area contributed by atoms with E-state index < -0.39 is 0 Å². The summed E-state index contributed by atoms with van der Waals surface area (Å²) in [5.41, 5.74) is 3.48. The van der Waals surface area contributed by atoms with Crippen molar-refractivity contribution in [1.82, 2.24) is 9.80 Å². The number of urea groups is 1. The van der Waals surface area contributed by atoms with E-state index in [-0.39, 0.29) is 6.03 Å². The summed E-state index contributed by atoms with van der Waals surface area (Å²) in [5.74, 6) is 0. The molecule has 136 valence electrons. The minimum atomic E-state index is 0.0544. The van der Waals surface area contributed by atoms with Crippen LogP contribution >= 0.6 is 0 Å². The number of hydrogen-bond acceptors (Lipinski definition) is 4. The van der Waals surface area contributed by atoms with Crippen LogP contribution in [-0.2, 0) is 11.2 Å². The smallest absolute Gasteiger partial charge is 0.322 e. The topological polar surface area (TPSA) is 48.1 Å². The van der Waals surface area contributed by atoms with Gasteiger partial charge in [0.25, 0.3) is 0 Å². The Labute approximate surface area is 149 Å². The summed E-state index contributed by atoms with van der Waals surface area (Å²) in [6, 6.07) is 6.57. The van der Waals surface area contributed by atoms with Crippen molar-refractivity contribution < 1.29 is 9.53 Å². The average molecular weight is 344 g/mol. The monoisotopic (exact) mass is 344 g/mol. The Kier molecular flexibility index (Phi) is 4.81. The van der Waals surface area contributed by atoms with Gasteiger partial charge in [-0.2, -0.15) is 0 Å². The SMILES string of the molecule is CN1CCc2c(NC(=O)N3CCCC3CN3CCOCC3)cccc21. The molecule has 2 fully saturated rings. The number of hydrogen-bond donors (Lipinski definition) is 1. The van der Waals surface area contributed by atoms with E-state index in [2.05, 4.69) is 28.2 Å². The Morgan fingerprint density at radius 3 is 2.92 bits per heavy atom. The quantitative estimate of drug-likeness (QED) is 0.911. The van der Waals surface area contributed by atoms with Crippen LogP contribution in [0.4, 0.5) is 16.2 Å². The van der Waals surface area contributed by atoms with E-state index in [1.165, 1.54) is 11.3 Å². The first-order valence-electron chi connectivity index (χ1n) is 9.43. The Morgan fingerprint density at radius 1 is 1.24 bits per heavy atom. The van der Waals surface area contributed by atoms with Gasteiger partial charge >= 0.3 is 6.03 Å². The maximum Gasteiger partial charge on any atom is 0.322 e. The van der Waals surface area contributed by atoms with Crippen molar-refractivity contribution in [1.29, 1.82) is 0 Å². The van der Waals surface area contributed by atoms with Crippen molar-refractivity contribution in [3.8, 4) is 0 Å². The van der Waals surface area contributed by atoms with Gasteiger partial charge in [-0.1, -0.05) is 6.07 Å². The highest BCUT2D eigenvalue weighted by Gasteiger charge is 2.31. The van der Waals surface area contributed by atoms with Crippen LogP contribution in [-0.4, -0.2) is 74.9 Å².